The highest BCUT2D eigenvalue weighted by Gasteiger charge is 2.16. The molecule has 0 saturated heterocycles. The Balaban J connectivity index is 2.21. The van der Waals surface area contributed by atoms with E-state index >= 15 is 0 Å². The number of thiazole rings is 1. The minimum atomic E-state index is -0.967. The number of aryl methyl sites for hydroxylation is 1. The van der Waals surface area contributed by atoms with Crippen molar-refractivity contribution in [3.8, 4) is 0 Å². The largest absolute Gasteiger partial charge is 0.477 e. The van der Waals surface area contributed by atoms with Crippen molar-refractivity contribution in [1.82, 2.24) is 4.98 Å². The zero-order valence-corrected chi connectivity index (χ0v) is 13.1. The average molecular weight is 331 g/mol. The van der Waals surface area contributed by atoms with Gasteiger partial charge in [-0.2, -0.15) is 0 Å². The second-order valence-electron chi connectivity index (χ2n) is 4.27. The number of aromatic nitrogens is 1. The topological polar surface area (TPSA) is 62.2 Å². The SMILES string of the molecule is Cc1nc(NC(C)c2ccc(Cl)cc2Cl)sc1C(=O)O. The maximum atomic E-state index is 11.0. The second kappa shape index (κ2) is 5.99. The summed E-state index contributed by atoms with van der Waals surface area (Å²) in [5.74, 6) is -0.967. The number of aromatic carboxylic acids is 1. The summed E-state index contributed by atoms with van der Waals surface area (Å²) in [7, 11) is 0. The van der Waals surface area contributed by atoms with Crippen LogP contribution in [0, 0.1) is 6.92 Å². The summed E-state index contributed by atoms with van der Waals surface area (Å²) in [5.41, 5.74) is 1.38. The lowest BCUT2D eigenvalue weighted by molar-refractivity contribution is 0.0701. The molecule has 1 aromatic carbocycles. The number of nitrogens with one attached hydrogen (secondary N) is 1. The molecular weight excluding hydrogens is 319 g/mol. The first-order valence-corrected chi connectivity index (χ1v) is 7.38. The molecule has 20 heavy (non-hydrogen) atoms. The van der Waals surface area contributed by atoms with E-state index in [4.69, 9.17) is 28.3 Å². The summed E-state index contributed by atoms with van der Waals surface area (Å²) in [6, 6.07) is 5.16. The van der Waals surface area contributed by atoms with Gasteiger partial charge in [-0.15, -0.1) is 0 Å². The van der Waals surface area contributed by atoms with Gasteiger partial charge in [-0.3, -0.25) is 0 Å². The highest BCUT2D eigenvalue weighted by Crippen LogP contribution is 2.30. The number of hydrogen-bond acceptors (Lipinski definition) is 4. The first-order chi connectivity index (χ1) is 9.38. The maximum Gasteiger partial charge on any atom is 0.347 e. The van der Waals surface area contributed by atoms with Crippen LogP contribution in [0.2, 0.25) is 10.0 Å². The first-order valence-electron chi connectivity index (χ1n) is 5.80. The molecule has 7 heteroatoms. The fraction of sp³-hybridized carbons (Fsp3) is 0.231. The van der Waals surface area contributed by atoms with Gasteiger partial charge in [-0.25, -0.2) is 9.78 Å². The molecule has 0 saturated carbocycles. The van der Waals surface area contributed by atoms with Crippen molar-refractivity contribution in [2.24, 2.45) is 0 Å². The van der Waals surface area contributed by atoms with Crippen LogP contribution < -0.4 is 5.32 Å². The van der Waals surface area contributed by atoms with Gasteiger partial charge < -0.3 is 10.4 Å². The molecule has 2 N–H and O–H groups in total. The van der Waals surface area contributed by atoms with E-state index in [1.165, 1.54) is 0 Å². The molecule has 106 valence electrons. The Hall–Kier alpha value is -1.30. The van der Waals surface area contributed by atoms with Crippen LogP contribution in [0.1, 0.15) is 33.9 Å². The molecule has 1 atom stereocenters. The van der Waals surface area contributed by atoms with E-state index in [-0.39, 0.29) is 10.9 Å². The summed E-state index contributed by atoms with van der Waals surface area (Å²) >= 11 is 13.1. The van der Waals surface area contributed by atoms with Gasteiger partial charge in [0.25, 0.3) is 0 Å². The van der Waals surface area contributed by atoms with Crippen LogP contribution in [0.4, 0.5) is 5.13 Å². The Kier molecular flexibility index (Phi) is 4.52. The predicted molar refractivity (Wildman–Crippen MR) is 82.3 cm³/mol. The summed E-state index contributed by atoms with van der Waals surface area (Å²) in [4.78, 5) is 15.4. The van der Waals surface area contributed by atoms with E-state index in [9.17, 15) is 4.79 Å². The van der Waals surface area contributed by atoms with E-state index < -0.39 is 5.97 Å². The molecule has 0 fully saturated rings. The van der Waals surface area contributed by atoms with Crippen molar-refractivity contribution in [3.05, 3.63) is 44.4 Å². The van der Waals surface area contributed by atoms with Crippen molar-refractivity contribution in [2.75, 3.05) is 5.32 Å². The van der Waals surface area contributed by atoms with Crippen LogP contribution in [0.15, 0.2) is 18.2 Å². The number of hydrogen-bond donors (Lipinski definition) is 2. The minimum absolute atomic E-state index is 0.105. The standard InChI is InChI=1S/C13H12Cl2N2O2S/c1-6(9-4-3-8(14)5-10(9)15)16-13-17-7(2)11(20-13)12(18)19/h3-6H,1-2H3,(H,16,17)(H,18,19). The van der Waals surface area contributed by atoms with Crippen LogP contribution in [0.5, 0.6) is 0 Å². The Bertz CT molecular complexity index is 658. The van der Waals surface area contributed by atoms with Crippen LogP contribution in [-0.4, -0.2) is 16.1 Å². The number of carbonyl (C=O) groups is 1. The van der Waals surface area contributed by atoms with Crippen molar-refractivity contribution < 1.29 is 9.90 Å². The van der Waals surface area contributed by atoms with Crippen molar-refractivity contribution in [3.63, 3.8) is 0 Å². The smallest absolute Gasteiger partial charge is 0.347 e. The maximum absolute atomic E-state index is 11.0. The molecule has 0 aliphatic heterocycles. The summed E-state index contributed by atoms with van der Waals surface area (Å²) < 4.78 is 0. The highest BCUT2D eigenvalue weighted by atomic mass is 35.5. The quantitative estimate of drug-likeness (QED) is 0.857. The van der Waals surface area contributed by atoms with Crippen molar-refractivity contribution in [2.45, 2.75) is 19.9 Å². The highest BCUT2D eigenvalue weighted by molar-refractivity contribution is 7.17. The molecule has 1 heterocycles. The third kappa shape index (κ3) is 3.23. The molecule has 2 aromatic rings. The number of carboxylic acid groups (broad SMARTS) is 1. The summed E-state index contributed by atoms with van der Waals surface area (Å²) in [6.45, 7) is 3.59. The number of carboxylic acids is 1. The minimum Gasteiger partial charge on any atom is -0.477 e. The Morgan fingerprint density at radius 2 is 2.15 bits per heavy atom. The zero-order valence-electron chi connectivity index (χ0n) is 10.8. The Morgan fingerprint density at radius 1 is 1.45 bits per heavy atom. The van der Waals surface area contributed by atoms with E-state index in [1.54, 1.807) is 19.1 Å². The first kappa shape index (κ1) is 15.1. The summed E-state index contributed by atoms with van der Waals surface area (Å²) in [5, 5.41) is 13.8. The van der Waals surface area contributed by atoms with Crippen LogP contribution in [0.25, 0.3) is 0 Å². The van der Waals surface area contributed by atoms with Gasteiger partial charge in [0.2, 0.25) is 0 Å². The van der Waals surface area contributed by atoms with Crippen LogP contribution in [-0.2, 0) is 0 Å². The van der Waals surface area contributed by atoms with Gasteiger partial charge in [0.15, 0.2) is 5.13 Å². The van der Waals surface area contributed by atoms with Gasteiger partial charge in [-0.05, 0) is 31.5 Å². The predicted octanol–water partition coefficient (Wildman–Crippen LogP) is 4.63. The monoisotopic (exact) mass is 330 g/mol. The molecular formula is C13H12Cl2N2O2S. The zero-order chi connectivity index (χ0) is 14.9. The van der Waals surface area contributed by atoms with Crippen molar-refractivity contribution >= 4 is 45.6 Å². The Labute approximate surface area is 130 Å². The lowest BCUT2D eigenvalue weighted by Gasteiger charge is -2.15. The van der Waals surface area contributed by atoms with E-state index in [0.29, 0.717) is 20.9 Å². The number of rotatable bonds is 4. The molecule has 0 aliphatic rings. The number of anilines is 1. The second-order valence-corrected chi connectivity index (χ2v) is 6.11. The van der Waals surface area contributed by atoms with Gasteiger partial charge in [0.1, 0.15) is 4.88 Å². The van der Waals surface area contributed by atoms with Crippen molar-refractivity contribution in [1.29, 1.82) is 0 Å². The molecule has 1 unspecified atom stereocenters. The van der Waals surface area contributed by atoms with Crippen LogP contribution >= 0.6 is 34.5 Å². The van der Waals surface area contributed by atoms with E-state index in [0.717, 1.165) is 16.9 Å². The van der Waals surface area contributed by atoms with E-state index in [2.05, 4.69) is 10.3 Å². The van der Waals surface area contributed by atoms with Gasteiger partial charge in [0, 0.05) is 10.0 Å². The lowest BCUT2D eigenvalue weighted by Crippen LogP contribution is -2.06. The summed E-state index contributed by atoms with van der Waals surface area (Å²) in [6.07, 6.45) is 0. The molecule has 0 spiro atoms. The van der Waals surface area contributed by atoms with E-state index in [1.807, 2.05) is 13.0 Å². The fourth-order valence-electron chi connectivity index (χ4n) is 1.77. The number of nitrogens with zero attached hydrogens (tertiary/aromatic N) is 1. The average Bonchev–Trinajstić information content (AvgIpc) is 2.70. The molecule has 4 nitrogen and oxygen atoms in total. The molecule has 0 radical (unpaired) electrons. The lowest BCUT2D eigenvalue weighted by atomic mass is 10.1. The molecule has 0 bridgehead atoms. The molecule has 0 amide bonds. The third-order valence-electron chi connectivity index (χ3n) is 2.76. The van der Waals surface area contributed by atoms with Gasteiger partial charge >= 0.3 is 5.97 Å². The normalized spacial score (nSPS) is 12.2. The molecule has 0 aliphatic carbocycles. The number of halogens is 2. The molecule has 1 aromatic heterocycles. The third-order valence-corrected chi connectivity index (χ3v) is 4.40. The van der Waals surface area contributed by atoms with Gasteiger partial charge in [-0.1, -0.05) is 40.6 Å². The Morgan fingerprint density at radius 3 is 2.70 bits per heavy atom. The molecule has 2 rings (SSSR count). The fourth-order valence-corrected chi connectivity index (χ4v) is 3.24. The van der Waals surface area contributed by atoms with Gasteiger partial charge in [0.05, 0.1) is 11.7 Å². The number of benzene rings is 1. The van der Waals surface area contributed by atoms with Crippen LogP contribution in [0.3, 0.4) is 0 Å².